The van der Waals surface area contributed by atoms with E-state index in [9.17, 15) is 4.39 Å². The summed E-state index contributed by atoms with van der Waals surface area (Å²) >= 11 is 0. The van der Waals surface area contributed by atoms with Crippen LogP contribution in [0, 0.1) is 40.9 Å². The maximum Gasteiger partial charge on any atom is 0.109 e. The molecule has 0 bridgehead atoms. The summed E-state index contributed by atoms with van der Waals surface area (Å²) in [5, 5.41) is 0. The largest absolute Gasteiger partial charge is 0.247 e. The third-order valence-electron chi connectivity index (χ3n) is 8.10. The van der Waals surface area contributed by atoms with E-state index in [2.05, 4.69) is 41.5 Å². The van der Waals surface area contributed by atoms with Crippen LogP contribution in [0.15, 0.2) is 0 Å². The van der Waals surface area contributed by atoms with Crippen molar-refractivity contribution in [1.82, 2.24) is 0 Å². The van der Waals surface area contributed by atoms with Gasteiger partial charge in [-0.25, -0.2) is 4.39 Å². The fourth-order valence-corrected chi connectivity index (χ4v) is 6.45. The normalized spacial score (nSPS) is 32.4. The van der Waals surface area contributed by atoms with Crippen LogP contribution >= 0.6 is 0 Å². The minimum Gasteiger partial charge on any atom is -0.247 e. The molecule has 0 heterocycles. The number of hydrogen-bond acceptors (Lipinski definition) is 0. The molecule has 0 aromatic rings. The fraction of sp³-hybridized carbons (Fsp3) is 1.00. The summed E-state index contributed by atoms with van der Waals surface area (Å²) < 4.78 is 14.7. The Hall–Kier alpha value is -0.0700. The van der Waals surface area contributed by atoms with Gasteiger partial charge in [0.2, 0.25) is 0 Å². The molecule has 5 atom stereocenters. The highest BCUT2D eigenvalue weighted by Crippen LogP contribution is 2.57. The second-order valence-electron chi connectivity index (χ2n) is 10.5. The molecule has 25 heavy (non-hydrogen) atoms. The molecule has 0 saturated heterocycles. The third-order valence-corrected chi connectivity index (χ3v) is 8.10. The van der Waals surface area contributed by atoms with Crippen molar-refractivity contribution < 1.29 is 4.39 Å². The number of hydrogen-bond donors (Lipinski definition) is 0. The zero-order valence-corrected chi connectivity index (χ0v) is 18.0. The molecule has 2 saturated carbocycles. The summed E-state index contributed by atoms with van der Waals surface area (Å²) in [6.07, 6.45) is 13.1. The lowest BCUT2D eigenvalue weighted by atomic mass is 9.49. The predicted octanol–water partition coefficient (Wildman–Crippen LogP) is 8.06. The summed E-state index contributed by atoms with van der Waals surface area (Å²) in [5.74, 6) is 4.20. The van der Waals surface area contributed by atoms with E-state index >= 15 is 0 Å². The fourth-order valence-electron chi connectivity index (χ4n) is 6.45. The Kier molecular flexibility index (Phi) is 7.84. The Morgan fingerprint density at radius 2 is 1.60 bits per heavy atom. The van der Waals surface area contributed by atoms with Crippen molar-refractivity contribution in [3.63, 3.8) is 0 Å². The molecule has 0 aromatic heterocycles. The second kappa shape index (κ2) is 9.23. The zero-order valence-electron chi connectivity index (χ0n) is 18.0. The molecule has 0 aliphatic heterocycles. The van der Waals surface area contributed by atoms with E-state index in [4.69, 9.17) is 0 Å². The summed E-state index contributed by atoms with van der Waals surface area (Å²) in [5.41, 5.74) is -0.101. The van der Waals surface area contributed by atoms with Gasteiger partial charge < -0.3 is 0 Å². The highest BCUT2D eigenvalue weighted by Gasteiger charge is 2.57. The van der Waals surface area contributed by atoms with Gasteiger partial charge in [-0.2, -0.15) is 0 Å². The molecule has 0 spiro atoms. The Bertz CT molecular complexity index is 380. The molecule has 0 nitrogen and oxygen atoms in total. The molecule has 2 fully saturated rings. The van der Waals surface area contributed by atoms with Crippen LogP contribution in [-0.2, 0) is 0 Å². The van der Waals surface area contributed by atoms with E-state index in [1.807, 2.05) is 0 Å². The van der Waals surface area contributed by atoms with Crippen molar-refractivity contribution in [2.45, 2.75) is 112 Å². The van der Waals surface area contributed by atoms with E-state index < -0.39 is 6.17 Å². The molecule has 0 N–H and O–H groups in total. The molecule has 0 amide bonds. The van der Waals surface area contributed by atoms with E-state index in [1.54, 1.807) is 0 Å². The smallest absolute Gasteiger partial charge is 0.109 e. The summed E-state index contributed by atoms with van der Waals surface area (Å²) in [4.78, 5) is 0. The first kappa shape index (κ1) is 21.2. The Morgan fingerprint density at radius 3 is 2.16 bits per heavy atom. The van der Waals surface area contributed by atoms with Crippen molar-refractivity contribution >= 4 is 0 Å². The lowest BCUT2D eigenvalue weighted by Crippen LogP contribution is -2.57. The third kappa shape index (κ3) is 5.01. The minimum absolute atomic E-state index is 0.101. The van der Waals surface area contributed by atoms with Gasteiger partial charge in [-0.3, -0.25) is 0 Å². The molecule has 0 radical (unpaired) electrons. The van der Waals surface area contributed by atoms with Gasteiger partial charge >= 0.3 is 0 Å². The average molecular weight is 353 g/mol. The van der Waals surface area contributed by atoms with Gasteiger partial charge in [0.15, 0.2) is 0 Å². The van der Waals surface area contributed by atoms with Gasteiger partial charge in [0.25, 0.3) is 0 Å². The van der Waals surface area contributed by atoms with Gasteiger partial charge in [0.05, 0.1) is 0 Å². The van der Waals surface area contributed by atoms with Gasteiger partial charge in [0, 0.05) is 0 Å². The van der Waals surface area contributed by atoms with Crippen molar-refractivity contribution in [1.29, 1.82) is 0 Å². The Balaban J connectivity index is 1.76. The van der Waals surface area contributed by atoms with Gasteiger partial charge in [-0.05, 0) is 47.3 Å². The van der Waals surface area contributed by atoms with Crippen LogP contribution in [-0.4, -0.2) is 6.17 Å². The summed E-state index contributed by atoms with van der Waals surface area (Å²) in [6.45, 7) is 13.7. The molecule has 2 rings (SSSR count). The summed E-state index contributed by atoms with van der Waals surface area (Å²) in [6, 6.07) is 0. The van der Waals surface area contributed by atoms with Crippen LogP contribution < -0.4 is 0 Å². The molecule has 2 aliphatic rings. The Labute approximate surface area is 157 Å². The zero-order chi connectivity index (χ0) is 18.6. The molecule has 0 aromatic carbocycles. The molecule has 5 unspecified atom stereocenters. The lowest BCUT2D eigenvalue weighted by Gasteiger charge is -2.57. The van der Waals surface area contributed by atoms with E-state index in [-0.39, 0.29) is 5.41 Å². The van der Waals surface area contributed by atoms with Crippen LogP contribution in [0.25, 0.3) is 0 Å². The first-order valence-electron chi connectivity index (χ1n) is 11.4. The highest BCUT2D eigenvalue weighted by molar-refractivity contribution is 5.04. The second-order valence-corrected chi connectivity index (χ2v) is 10.5. The average Bonchev–Trinajstić information content (AvgIpc) is 2.60. The van der Waals surface area contributed by atoms with Crippen molar-refractivity contribution in [2.75, 3.05) is 0 Å². The molecule has 1 heteroatoms. The van der Waals surface area contributed by atoms with Crippen molar-refractivity contribution in [2.24, 2.45) is 40.9 Å². The molecular weight excluding hydrogens is 307 g/mol. The van der Waals surface area contributed by atoms with Gasteiger partial charge in [-0.15, -0.1) is 0 Å². The van der Waals surface area contributed by atoms with Crippen LogP contribution in [0.3, 0.4) is 0 Å². The first-order valence-corrected chi connectivity index (χ1v) is 11.4. The van der Waals surface area contributed by atoms with Crippen LogP contribution in [0.2, 0.25) is 0 Å². The van der Waals surface area contributed by atoms with Crippen LogP contribution in [0.4, 0.5) is 4.39 Å². The van der Waals surface area contributed by atoms with Gasteiger partial charge in [0.1, 0.15) is 6.17 Å². The van der Waals surface area contributed by atoms with Crippen LogP contribution in [0.1, 0.15) is 106 Å². The number of halogens is 1. The van der Waals surface area contributed by atoms with Gasteiger partial charge in [-0.1, -0.05) is 99.3 Å². The van der Waals surface area contributed by atoms with Crippen molar-refractivity contribution in [3.8, 4) is 0 Å². The minimum atomic E-state index is -0.585. The monoisotopic (exact) mass is 352 g/mol. The number of alkyl halides is 1. The SMILES string of the molecule is CCC(CCC(C)C1CCCCC1)CCC1C(F)C(C)(C)C1C(C)C. The first-order chi connectivity index (χ1) is 11.8. The molecular formula is C24H45F. The summed E-state index contributed by atoms with van der Waals surface area (Å²) in [7, 11) is 0. The molecule has 2 aliphatic carbocycles. The Morgan fingerprint density at radius 1 is 0.960 bits per heavy atom. The van der Waals surface area contributed by atoms with E-state index in [0.29, 0.717) is 17.8 Å². The maximum absolute atomic E-state index is 14.7. The maximum atomic E-state index is 14.7. The number of rotatable bonds is 9. The van der Waals surface area contributed by atoms with Crippen LogP contribution in [0.5, 0.6) is 0 Å². The molecule has 148 valence electrons. The highest BCUT2D eigenvalue weighted by atomic mass is 19.1. The van der Waals surface area contributed by atoms with E-state index in [1.165, 1.54) is 57.8 Å². The quantitative estimate of drug-likeness (QED) is 0.393. The van der Waals surface area contributed by atoms with Crippen molar-refractivity contribution in [3.05, 3.63) is 0 Å². The van der Waals surface area contributed by atoms with E-state index in [0.717, 1.165) is 24.2 Å². The standard InChI is InChI=1S/C24H45F/c1-7-19(14-13-18(4)20-11-9-8-10-12-20)15-16-21-22(17(2)3)24(5,6)23(21)25/h17-23H,7-16H2,1-6H3. The predicted molar refractivity (Wildman–Crippen MR) is 108 cm³/mol. The topological polar surface area (TPSA) is 0 Å². The lowest BCUT2D eigenvalue weighted by molar-refractivity contribution is -0.140.